The van der Waals surface area contributed by atoms with Crippen molar-refractivity contribution in [1.29, 1.82) is 0 Å². The van der Waals surface area contributed by atoms with E-state index in [4.69, 9.17) is 0 Å². The van der Waals surface area contributed by atoms with Gasteiger partial charge in [-0.3, -0.25) is 9.59 Å². The smallest absolute Gasteiger partial charge is 0.254 e. The highest BCUT2D eigenvalue weighted by Gasteiger charge is 2.24. The number of carbonyl (C=O) groups is 2. The highest BCUT2D eigenvalue weighted by molar-refractivity contribution is 5.97. The minimum Gasteiger partial charge on any atom is -0.334 e. The van der Waals surface area contributed by atoms with Gasteiger partial charge in [0.1, 0.15) is 6.29 Å². The molecule has 0 aliphatic carbocycles. The second kappa shape index (κ2) is 5.29. The summed E-state index contributed by atoms with van der Waals surface area (Å²) in [6, 6.07) is 15.3. The van der Waals surface area contributed by atoms with Gasteiger partial charge in [0, 0.05) is 24.2 Å². The van der Waals surface area contributed by atoms with E-state index >= 15 is 0 Å². The van der Waals surface area contributed by atoms with Crippen molar-refractivity contribution in [3.63, 3.8) is 0 Å². The molecule has 0 aromatic heterocycles. The van der Waals surface area contributed by atoms with Crippen molar-refractivity contribution in [3.05, 3.63) is 70.8 Å². The molecule has 0 N–H and O–H groups in total. The van der Waals surface area contributed by atoms with Gasteiger partial charge in [-0.2, -0.15) is 0 Å². The van der Waals surface area contributed by atoms with Crippen LogP contribution in [0.3, 0.4) is 0 Å². The highest BCUT2D eigenvalue weighted by Crippen LogP contribution is 2.21. The Bertz CT molecular complexity index is 649. The molecule has 3 rings (SSSR count). The number of fused-ring (bicyclic) bond motifs is 1. The minimum absolute atomic E-state index is 0.0487. The summed E-state index contributed by atoms with van der Waals surface area (Å²) in [4.78, 5) is 25.1. The molecule has 0 fully saturated rings. The van der Waals surface area contributed by atoms with Crippen LogP contribution in [0.2, 0.25) is 0 Å². The third-order valence-electron chi connectivity index (χ3n) is 3.65. The summed E-state index contributed by atoms with van der Waals surface area (Å²) in [6.45, 7) is 1.33. The zero-order valence-electron chi connectivity index (χ0n) is 11.1. The molecule has 3 nitrogen and oxygen atoms in total. The van der Waals surface area contributed by atoms with E-state index < -0.39 is 0 Å². The number of aldehydes is 1. The molecule has 3 heteroatoms. The van der Waals surface area contributed by atoms with E-state index in [1.54, 1.807) is 12.1 Å². The van der Waals surface area contributed by atoms with Crippen molar-refractivity contribution < 1.29 is 9.59 Å². The second-order valence-corrected chi connectivity index (χ2v) is 5.00. The summed E-state index contributed by atoms with van der Waals surface area (Å²) in [6.07, 6.45) is 1.62. The summed E-state index contributed by atoms with van der Waals surface area (Å²) < 4.78 is 0. The van der Waals surface area contributed by atoms with E-state index in [2.05, 4.69) is 0 Å². The van der Waals surface area contributed by atoms with E-state index in [1.807, 2.05) is 41.3 Å². The van der Waals surface area contributed by atoms with Gasteiger partial charge < -0.3 is 4.90 Å². The number of hydrogen-bond donors (Lipinski definition) is 0. The second-order valence-electron chi connectivity index (χ2n) is 5.00. The van der Waals surface area contributed by atoms with Crippen molar-refractivity contribution in [2.75, 3.05) is 6.54 Å². The molecule has 2 aromatic carbocycles. The van der Waals surface area contributed by atoms with Crippen molar-refractivity contribution in [2.24, 2.45) is 0 Å². The zero-order valence-corrected chi connectivity index (χ0v) is 11.1. The van der Waals surface area contributed by atoms with Crippen LogP contribution in [0.15, 0.2) is 48.5 Å². The SMILES string of the molecule is O=Cc1ccc2c(c1)CCN(Cc1ccccc1)C2=O. The first kappa shape index (κ1) is 12.6. The molecule has 0 unspecified atom stereocenters. The van der Waals surface area contributed by atoms with Crippen molar-refractivity contribution in [3.8, 4) is 0 Å². The van der Waals surface area contributed by atoms with Crippen LogP contribution in [0.25, 0.3) is 0 Å². The molecule has 0 bridgehead atoms. The maximum atomic E-state index is 12.5. The predicted octanol–water partition coefficient (Wildman–Crippen LogP) is 2.70. The summed E-state index contributed by atoms with van der Waals surface area (Å²) in [5.74, 6) is 0.0487. The molecular weight excluding hydrogens is 250 g/mol. The standard InChI is InChI=1S/C17H15NO2/c19-12-14-6-7-16-15(10-14)8-9-18(17(16)20)11-13-4-2-1-3-5-13/h1-7,10,12H,8-9,11H2. The summed E-state index contributed by atoms with van der Waals surface area (Å²) >= 11 is 0. The first-order chi connectivity index (χ1) is 9.78. The number of nitrogens with zero attached hydrogens (tertiary/aromatic N) is 1. The van der Waals surface area contributed by atoms with Crippen molar-refractivity contribution in [2.45, 2.75) is 13.0 Å². The number of rotatable bonds is 3. The first-order valence-electron chi connectivity index (χ1n) is 6.69. The number of benzene rings is 2. The molecule has 1 heterocycles. The topological polar surface area (TPSA) is 37.4 Å². The van der Waals surface area contributed by atoms with Gasteiger partial charge in [0.15, 0.2) is 0 Å². The predicted molar refractivity (Wildman–Crippen MR) is 76.7 cm³/mol. The Labute approximate surface area is 117 Å². The van der Waals surface area contributed by atoms with Gasteiger partial charge in [-0.05, 0) is 29.7 Å². The molecule has 1 aliphatic heterocycles. The van der Waals surface area contributed by atoms with Gasteiger partial charge in [0.2, 0.25) is 0 Å². The number of hydrogen-bond acceptors (Lipinski definition) is 2. The summed E-state index contributed by atoms with van der Waals surface area (Å²) in [7, 11) is 0. The van der Waals surface area contributed by atoms with Gasteiger partial charge in [-0.25, -0.2) is 0 Å². The minimum atomic E-state index is 0.0487. The van der Waals surface area contributed by atoms with Gasteiger partial charge in [-0.15, -0.1) is 0 Å². The lowest BCUT2D eigenvalue weighted by molar-refractivity contribution is 0.0726. The number of amides is 1. The van der Waals surface area contributed by atoms with E-state index in [0.717, 1.165) is 29.4 Å². The summed E-state index contributed by atoms with van der Waals surface area (Å²) in [5, 5.41) is 0. The fourth-order valence-corrected chi connectivity index (χ4v) is 2.58. The molecule has 1 aliphatic rings. The molecule has 20 heavy (non-hydrogen) atoms. The van der Waals surface area contributed by atoms with E-state index in [1.165, 1.54) is 0 Å². The summed E-state index contributed by atoms with van der Waals surface area (Å²) in [5.41, 5.74) is 3.46. The Morgan fingerprint density at radius 2 is 1.90 bits per heavy atom. The van der Waals surface area contributed by atoms with Crippen LogP contribution in [-0.4, -0.2) is 23.6 Å². The lowest BCUT2D eigenvalue weighted by Gasteiger charge is -2.28. The van der Waals surface area contributed by atoms with E-state index in [9.17, 15) is 9.59 Å². The largest absolute Gasteiger partial charge is 0.334 e. The van der Waals surface area contributed by atoms with Crippen LogP contribution in [0.5, 0.6) is 0 Å². The molecule has 0 spiro atoms. The zero-order chi connectivity index (χ0) is 13.9. The average molecular weight is 265 g/mol. The third-order valence-corrected chi connectivity index (χ3v) is 3.65. The van der Waals surface area contributed by atoms with Gasteiger partial charge in [0.25, 0.3) is 5.91 Å². The maximum absolute atomic E-state index is 12.5. The molecule has 100 valence electrons. The van der Waals surface area contributed by atoms with Crippen molar-refractivity contribution >= 4 is 12.2 Å². The Morgan fingerprint density at radius 1 is 1.10 bits per heavy atom. The lowest BCUT2D eigenvalue weighted by atomic mass is 9.96. The van der Waals surface area contributed by atoms with Gasteiger partial charge >= 0.3 is 0 Å². The van der Waals surface area contributed by atoms with Crippen LogP contribution in [0.1, 0.15) is 31.8 Å². The highest BCUT2D eigenvalue weighted by atomic mass is 16.2. The van der Waals surface area contributed by atoms with Crippen LogP contribution in [0.4, 0.5) is 0 Å². The molecule has 2 aromatic rings. The molecule has 0 saturated heterocycles. The van der Waals surface area contributed by atoms with Crippen LogP contribution >= 0.6 is 0 Å². The number of carbonyl (C=O) groups excluding carboxylic acids is 2. The van der Waals surface area contributed by atoms with Crippen LogP contribution in [0, 0.1) is 0 Å². The molecule has 1 amide bonds. The Hall–Kier alpha value is -2.42. The quantitative estimate of drug-likeness (QED) is 0.800. The lowest BCUT2D eigenvalue weighted by Crippen LogP contribution is -2.37. The van der Waals surface area contributed by atoms with Gasteiger partial charge in [0.05, 0.1) is 0 Å². The normalized spacial score (nSPS) is 14.0. The fraction of sp³-hybridized carbons (Fsp3) is 0.176. The molecule has 0 radical (unpaired) electrons. The Balaban J connectivity index is 1.84. The maximum Gasteiger partial charge on any atom is 0.254 e. The third kappa shape index (κ3) is 2.35. The first-order valence-corrected chi connectivity index (χ1v) is 6.69. The molecule has 0 saturated carbocycles. The Kier molecular flexibility index (Phi) is 3.33. The fourth-order valence-electron chi connectivity index (χ4n) is 2.58. The van der Waals surface area contributed by atoms with Gasteiger partial charge in [-0.1, -0.05) is 36.4 Å². The molecule has 0 atom stereocenters. The molecular formula is C17H15NO2. The van der Waals surface area contributed by atoms with E-state index in [0.29, 0.717) is 18.7 Å². The van der Waals surface area contributed by atoms with Crippen LogP contribution in [-0.2, 0) is 13.0 Å². The van der Waals surface area contributed by atoms with Crippen LogP contribution < -0.4 is 0 Å². The monoisotopic (exact) mass is 265 g/mol. The average Bonchev–Trinajstić information content (AvgIpc) is 2.51. The van der Waals surface area contributed by atoms with E-state index in [-0.39, 0.29) is 5.91 Å². The van der Waals surface area contributed by atoms with Crippen molar-refractivity contribution in [1.82, 2.24) is 4.90 Å². The Morgan fingerprint density at radius 3 is 2.65 bits per heavy atom.